The van der Waals surface area contributed by atoms with Crippen LogP contribution in [0.2, 0.25) is 0 Å². The molecule has 0 aliphatic carbocycles. The molecule has 3 heteroatoms. The predicted molar refractivity (Wildman–Crippen MR) is 142 cm³/mol. The monoisotopic (exact) mass is 466 g/mol. The SMILES string of the molecule is CCCCCCCCCCCCCCCC(=O)OC(=O)CCCCCCCCCCCCC. The molecule has 0 spiro atoms. The van der Waals surface area contributed by atoms with Crippen LogP contribution in [0.1, 0.15) is 181 Å². The third-order valence-electron chi connectivity index (χ3n) is 6.70. The fourth-order valence-corrected chi connectivity index (χ4v) is 4.45. The van der Waals surface area contributed by atoms with Crippen LogP contribution in [0.3, 0.4) is 0 Å². The minimum Gasteiger partial charge on any atom is -0.393 e. The lowest BCUT2D eigenvalue weighted by molar-refractivity contribution is -0.159. The van der Waals surface area contributed by atoms with E-state index in [4.69, 9.17) is 4.74 Å². The van der Waals surface area contributed by atoms with E-state index in [0.717, 1.165) is 25.7 Å². The van der Waals surface area contributed by atoms with E-state index >= 15 is 0 Å². The number of hydrogen-bond acceptors (Lipinski definition) is 3. The highest BCUT2D eigenvalue weighted by molar-refractivity contribution is 5.85. The van der Waals surface area contributed by atoms with E-state index in [1.54, 1.807) is 0 Å². The number of unbranched alkanes of at least 4 members (excludes halogenated alkanes) is 22. The van der Waals surface area contributed by atoms with E-state index in [1.807, 2.05) is 0 Å². The minimum absolute atomic E-state index is 0.328. The van der Waals surface area contributed by atoms with E-state index in [0.29, 0.717) is 12.8 Å². The summed E-state index contributed by atoms with van der Waals surface area (Å²) in [5.74, 6) is -0.656. The standard InChI is InChI=1S/C30H58O3/c1-3-5-7-9-11-13-15-16-18-20-22-24-26-28-30(32)33-29(31)27-25-23-21-19-17-14-12-10-8-6-4-2/h3-28H2,1-2H3. The first kappa shape index (κ1) is 32.1. The van der Waals surface area contributed by atoms with E-state index in [-0.39, 0.29) is 11.9 Å². The van der Waals surface area contributed by atoms with Gasteiger partial charge in [-0.05, 0) is 12.8 Å². The molecule has 0 saturated carbocycles. The molecule has 0 heterocycles. The number of ether oxygens (including phenoxy) is 1. The van der Waals surface area contributed by atoms with Gasteiger partial charge in [-0.3, -0.25) is 9.59 Å². The molecule has 0 rings (SSSR count). The molecule has 0 fully saturated rings. The summed E-state index contributed by atoms with van der Waals surface area (Å²) in [6.45, 7) is 4.52. The summed E-state index contributed by atoms with van der Waals surface area (Å²) in [5.41, 5.74) is 0. The minimum atomic E-state index is -0.328. The second kappa shape index (κ2) is 27.4. The third-order valence-corrected chi connectivity index (χ3v) is 6.70. The maximum atomic E-state index is 11.8. The molecule has 0 aromatic heterocycles. The van der Waals surface area contributed by atoms with Gasteiger partial charge in [-0.2, -0.15) is 0 Å². The van der Waals surface area contributed by atoms with Crippen molar-refractivity contribution in [3.05, 3.63) is 0 Å². The highest BCUT2D eigenvalue weighted by atomic mass is 16.6. The maximum Gasteiger partial charge on any atom is 0.313 e. The van der Waals surface area contributed by atoms with Gasteiger partial charge in [0.15, 0.2) is 0 Å². The van der Waals surface area contributed by atoms with Gasteiger partial charge in [0.05, 0.1) is 0 Å². The van der Waals surface area contributed by atoms with Gasteiger partial charge in [-0.1, -0.05) is 155 Å². The number of carbonyl (C=O) groups is 2. The molecule has 0 bridgehead atoms. The highest BCUT2D eigenvalue weighted by Gasteiger charge is 2.09. The Hall–Kier alpha value is -0.860. The Morgan fingerprint density at radius 1 is 0.364 bits per heavy atom. The molecule has 0 saturated heterocycles. The summed E-state index contributed by atoms with van der Waals surface area (Å²) >= 11 is 0. The number of hydrogen-bond donors (Lipinski definition) is 0. The quantitative estimate of drug-likeness (QED) is 0.0723. The van der Waals surface area contributed by atoms with Gasteiger partial charge >= 0.3 is 11.9 Å². The van der Waals surface area contributed by atoms with Crippen molar-refractivity contribution in [1.29, 1.82) is 0 Å². The molecule has 0 amide bonds. The van der Waals surface area contributed by atoms with Crippen molar-refractivity contribution in [3.63, 3.8) is 0 Å². The molecule has 0 atom stereocenters. The average Bonchev–Trinajstić information content (AvgIpc) is 2.80. The van der Waals surface area contributed by atoms with Gasteiger partial charge in [0, 0.05) is 12.8 Å². The topological polar surface area (TPSA) is 43.4 Å². The number of rotatable bonds is 26. The summed E-state index contributed by atoms with van der Waals surface area (Å²) in [6, 6.07) is 0. The van der Waals surface area contributed by atoms with Crippen molar-refractivity contribution in [3.8, 4) is 0 Å². The van der Waals surface area contributed by atoms with Crippen LogP contribution in [0.5, 0.6) is 0 Å². The van der Waals surface area contributed by atoms with E-state index in [1.165, 1.54) is 128 Å². The Morgan fingerprint density at radius 2 is 0.576 bits per heavy atom. The van der Waals surface area contributed by atoms with E-state index < -0.39 is 0 Å². The smallest absolute Gasteiger partial charge is 0.313 e. The molecule has 0 N–H and O–H groups in total. The Labute approximate surface area is 207 Å². The van der Waals surface area contributed by atoms with Crippen molar-refractivity contribution in [2.75, 3.05) is 0 Å². The Bertz CT molecular complexity index is 419. The van der Waals surface area contributed by atoms with Crippen LogP contribution in [0.15, 0.2) is 0 Å². The molecule has 196 valence electrons. The molecule has 3 nitrogen and oxygen atoms in total. The van der Waals surface area contributed by atoms with Crippen LogP contribution in [0.25, 0.3) is 0 Å². The van der Waals surface area contributed by atoms with Crippen LogP contribution in [-0.4, -0.2) is 11.9 Å². The van der Waals surface area contributed by atoms with Crippen LogP contribution >= 0.6 is 0 Å². The normalized spacial score (nSPS) is 11.1. The Kier molecular flexibility index (Phi) is 26.7. The Balaban J connectivity index is 3.29. The molecule has 0 aliphatic rings. The van der Waals surface area contributed by atoms with Gasteiger partial charge < -0.3 is 4.74 Å². The lowest BCUT2D eigenvalue weighted by atomic mass is 10.0. The lowest BCUT2D eigenvalue weighted by Gasteiger charge is -2.05. The van der Waals surface area contributed by atoms with Crippen LogP contribution < -0.4 is 0 Å². The zero-order chi connectivity index (χ0) is 24.2. The fraction of sp³-hybridized carbons (Fsp3) is 0.933. The van der Waals surface area contributed by atoms with Crippen molar-refractivity contribution < 1.29 is 14.3 Å². The van der Waals surface area contributed by atoms with Crippen molar-refractivity contribution in [1.82, 2.24) is 0 Å². The Morgan fingerprint density at radius 3 is 0.818 bits per heavy atom. The second-order valence-electron chi connectivity index (χ2n) is 10.1. The van der Waals surface area contributed by atoms with Crippen molar-refractivity contribution in [2.24, 2.45) is 0 Å². The van der Waals surface area contributed by atoms with Gasteiger partial charge in [-0.25, -0.2) is 0 Å². The molecular weight excluding hydrogens is 408 g/mol. The summed E-state index contributed by atoms with van der Waals surface area (Å²) < 4.78 is 4.97. The number of esters is 2. The van der Waals surface area contributed by atoms with E-state index in [2.05, 4.69) is 13.8 Å². The van der Waals surface area contributed by atoms with Gasteiger partial charge in [0.2, 0.25) is 0 Å². The van der Waals surface area contributed by atoms with Gasteiger partial charge in [-0.15, -0.1) is 0 Å². The van der Waals surface area contributed by atoms with E-state index in [9.17, 15) is 9.59 Å². The molecule has 0 aromatic carbocycles. The van der Waals surface area contributed by atoms with Gasteiger partial charge in [0.1, 0.15) is 0 Å². The second-order valence-corrected chi connectivity index (χ2v) is 10.1. The molecule has 0 radical (unpaired) electrons. The fourth-order valence-electron chi connectivity index (χ4n) is 4.45. The first-order chi connectivity index (χ1) is 16.2. The maximum absolute atomic E-state index is 11.8. The summed E-state index contributed by atoms with van der Waals surface area (Å²) in [6.07, 6.45) is 31.4. The molecule has 0 aromatic rings. The summed E-state index contributed by atoms with van der Waals surface area (Å²) in [7, 11) is 0. The molecule has 33 heavy (non-hydrogen) atoms. The van der Waals surface area contributed by atoms with Crippen molar-refractivity contribution in [2.45, 2.75) is 181 Å². The van der Waals surface area contributed by atoms with Crippen molar-refractivity contribution >= 4 is 11.9 Å². The average molecular weight is 467 g/mol. The van der Waals surface area contributed by atoms with Crippen LogP contribution in [-0.2, 0) is 14.3 Å². The molecule has 0 unspecified atom stereocenters. The zero-order valence-corrected chi connectivity index (χ0v) is 22.6. The molecule has 0 aliphatic heterocycles. The zero-order valence-electron chi connectivity index (χ0n) is 22.6. The van der Waals surface area contributed by atoms with Crippen LogP contribution in [0, 0.1) is 0 Å². The number of carbonyl (C=O) groups excluding carboxylic acids is 2. The first-order valence-corrected chi connectivity index (χ1v) is 14.9. The third kappa shape index (κ3) is 27.3. The lowest BCUT2D eigenvalue weighted by Crippen LogP contribution is -2.11. The largest absolute Gasteiger partial charge is 0.393 e. The first-order valence-electron chi connectivity index (χ1n) is 14.9. The van der Waals surface area contributed by atoms with Crippen LogP contribution in [0.4, 0.5) is 0 Å². The highest BCUT2D eigenvalue weighted by Crippen LogP contribution is 2.14. The molecular formula is C30H58O3. The summed E-state index contributed by atoms with van der Waals surface area (Å²) in [5, 5.41) is 0. The predicted octanol–water partition coefficient (Wildman–Crippen LogP) is 10.2. The summed E-state index contributed by atoms with van der Waals surface area (Å²) in [4.78, 5) is 23.6. The van der Waals surface area contributed by atoms with Gasteiger partial charge in [0.25, 0.3) is 0 Å².